The summed E-state index contributed by atoms with van der Waals surface area (Å²) in [5.74, 6) is -1.66. The second-order valence-corrected chi connectivity index (χ2v) is 4.37. The molecule has 0 saturated carbocycles. The first-order valence-corrected chi connectivity index (χ1v) is 6.19. The maximum absolute atomic E-state index is 11.6. The van der Waals surface area contributed by atoms with Gasteiger partial charge in [-0.05, 0) is 25.7 Å². The molecule has 3 atom stereocenters. The van der Waals surface area contributed by atoms with Crippen molar-refractivity contribution in [2.24, 2.45) is 11.5 Å². The molecule has 8 heteroatoms. The van der Waals surface area contributed by atoms with Crippen LogP contribution in [0.4, 0.5) is 0 Å². The van der Waals surface area contributed by atoms with E-state index in [1.165, 1.54) is 0 Å². The fraction of sp³-hybridized carbons (Fsp3) is 0.667. The van der Waals surface area contributed by atoms with Crippen LogP contribution in [0.2, 0.25) is 0 Å². The number of nitrogens with two attached hydrogens (primary N) is 2. The third-order valence-electron chi connectivity index (χ3n) is 2.62. The van der Waals surface area contributed by atoms with Gasteiger partial charge in [-0.15, -0.1) is 0 Å². The summed E-state index contributed by atoms with van der Waals surface area (Å²) in [6.07, 6.45) is 4.09. The zero-order valence-corrected chi connectivity index (χ0v) is 11.0. The number of carboxylic acid groups (broad SMARTS) is 1. The highest BCUT2D eigenvalue weighted by atomic mass is 16.4. The number of carboxylic acids is 1. The van der Waals surface area contributed by atoms with Crippen LogP contribution in [-0.2, 0) is 19.2 Å². The highest BCUT2D eigenvalue weighted by molar-refractivity contribution is 5.84. The predicted octanol–water partition coefficient (Wildman–Crippen LogP) is -1.62. The first kappa shape index (κ1) is 18.2. The fourth-order valence-electron chi connectivity index (χ4n) is 1.45. The Labute approximate surface area is 116 Å². The molecule has 6 N–H and O–H groups in total. The molecular formula is C12H19N3O5. The second kappa shape index (κ2) is 10.0. The van der Waals surface area contributed by atoms with Crippen molar-refractivity contribution in [3.05, 3.63) is 0 Å². The van der Waals surface area contributed by atoms with Crippen molar-refractivity contribution >= 4 is 24.4 Å². The number of aliphatic carboxylic acids is 1. The molecule has 112 valence electrons. The summed E-state index contributed by atoms with van der Waals surface area (Å²) in [5, 5.41) is 10.8. The Balaban J connectivity index is 4.07. The maximum atomic E-state index is 11.6. The largest absolute Gasteiger partial charge is 0.481 e. The summed E-state index contributed by atoms with van der Waals surface area (Å²) in [4.78, 5) is 42.8. The van der Waals surface area contributed by atoms with E-state index in [1.54, 1.807) is 12.6 Å². The number of carbonyl (C=O) groups is 2. The topological polar surface area (TPSA) is 153 Å². The Bertz CT molecular complexity index is 348. The third-order valence-corrected chi connectivity index (χ3v) is 2.62. The molecule has 0 rings (SSSR count). The van der Waals surface area contributed by atoms with E-state index in [4.69, 9.17) is 16.6 Å². The van der Waals surface area contributed by atoms with E-state index in [2.05, 4.69) is 5.32 Å². The summed E-state index contributed by atoms with van der Waals surface area (Å²) >= 11 is 0. The predicted molar refractivity (Wildman–Crippen MR) is 70.0 cm³/mol. The maximum Gasteiger partial charge on any atom is 0.303 e. The Hall–Kier alpha value is -1.80. The normalized spacial score (nSPS) is 14.9. The van der Waals surface area contributed by atoms with Gasteiger partial charge in [0.25, 0.3) is 0 Å². The molecule has 0 aliphatic carbocycles. The number of hydrogen-bond donors (Lipinski definition) is 4. The van der Waals surface area contributed by atoms with Gasteiger partial charge in [-0.1, -0.05) is 0 Å². The molecule has 0 aromatic heterocycles. The van der Waals surface area contributed by atoms with E-state index in [-0.39, 0.29) is 19.3 Å². The lowest BCUT2D eigenvalue weighted by Gasteiger charge is -2.15. The highest BCUT2D eigenvalue weighted by Gasteiger charge is 2.19. The van der Waals surface area contributed by atoms with Crippen molar-refractivity contribution in [1.29, 1.82) is 0 Å². The lowest BCUT2D eigenvalue weighted by atomic mass is 10.1. The fourth-order valence-corrected chi connectivity index (χ4v) is 1.45. The molecule has 0 saturated heterocycles. The first-order chi connectivity index (χ1) is 9.40. The Morgan fingerprint density at radius 3 is 2.25 bits per heavy atom. The van der Waals surface area contributed by atoms with Gasteiger partial charge >= 0.3 is 5.97 Å². The van der Waals surface area contributed by atoms with Gasteiger partial charge in [-0.3, -0.25) is 19.2 Å². The van der Waals surface area contributed by atoms with Crippen LogP contribution < -0.4 is 16.8 Å². The molecular weight excluding hydrogens is 266 g/mol. The van der Waals surface area contributed by atoms with Crippen LogP contribution >= 0.6 is 0 Å². The first-order valence-electron chi connectivity index (χ1n) is 6.19. The van der Waals surface area contributed by atoms with Gasteiger partial charge in [0.2, 0.25) is 18.5 Å². The van der Waals surface area contributed by atoms with E-state index in [0.29, 0.717) is 12.8 Å². The van der Waals surface area contributed by atoms with Gasteiger partial charge in [-0.2, -0.15) is 0 Å². The van der Waals surface area contributed by atoms with Crippen molar-refractivity contribution in [3.8, 4) is 0 Å². The summed E-state index contributed by atoms with van der Waals surface area (Å²) in [6.45, 7) is 0. The highest BCUT2D eigenvalue weighted by Crippen LogP contribution is 2.02. The second-order valence-electron chi connectivity index (χ2n) is 4.37. The number of hydrogen-bond acceptors (Lipinski definition) is 6. The minimum Gasteiger partial charge on any atom is -0.481 e. The number of carbonyl (C=O) groups excluding carboxylic acids is 3. The molecule has 0 heterocycles. The molecule has 20 heavy (non-hydrogen) atoms. The summed E-state index contributed by atoms with van der Waals surface area (Å²) in [6, 6.07) is -2.56. The molecule has 1 amide bonds. The van der Waals surface area contributed by atoms with Crippen molar-refractivity contribution in [1.82, 2.24) is 5.32 Å². The average molecular weight is 285 g/mol. The van der Waals surface area contributed by atoms with Crippen molar-refractivity contribution in [3.63, 3.8) is 0 Å². The molecule has 0 aromatic rings. The molecule has 0 unspecified atom stereocenters. The van der Waals surface area contributed by atoms with Crippen molar-refractivity contribution < 1.29 is 24.3 Å². The average Bonchev–Trinajstić information content (AvgIpc) is 2.42. The van der Waals surface area contributed by atoms with Crippen LogP contribution in [-0.4, -0.2) is 47.7 Å². The minimum absolute atomic E-state index is 0.0162. The van der Waals surface area contributed by atoms with Crippen molar-refractivity contribution in [2.75, 3.05) is 0 Å². The third kappa shape index (κ3) is 8.33. The lowest BCUT2D eigenvalue weighted by molar-refractivity contribution is -0.137. The molecule has 0 fully saturated rings. The Morgan fingerprint density at radius 1 is 1.10 bits per heavy atom. The Kier molecular flexibility index (Phi) is 9.14. The van der Waals surface area contributed by atoms with Crippen molar-refractivity contribution in [2.45, 2.75) is 50.2 Å². The summed E-state index contributed by atoms with van der Waals surface area (Å²) in [5.41, 5.74) is 10.8. The van der Waals surface area contributed by atoms with Crippen LogP contribution in [0.5, 0.6) is 0 Å². The molecule has 0 bridgehead atoms. The van der Waals surface area contributed by atoms with E-state index in [0.717, 1.165) is 0 Å². The number of nitrogens with one attached hydrogen (secondary N) is 1. The van der Waals surface area contributed by atoms with Crippen LogP contribution in [0.1, 0.15) is 32.1 Å². The van der Waals surface area contributed by atoms with Gasteiger partial charge in [0.05, 0.1) is 18.1 Å². The van der Waals surface area contributed by atoms with Crippen LogP contribution in [0.15, 0.2) is 0 Å². The van der Waals surface area contributed by atoms with Gasteiger partial charge in [0.15, 0.2) is 0 Å². The minimum atomic E-state index is -1.05. The molecule has 0 aromatic carbocycles. The molecule has 0 aliphatic rings. The smallest absolute Gasteiger partial charge is 0.303 e. The van der Waals surface area contributed by atoms with Crippen LogP contribution in [0.3, 0.4) is 0 Å². The van der Waals surface area contributed by atoms with E-state index in [9.17, 15) is 19.2 Å². The molecule has 8 nitrogen and oxygen atoms in total. The van der Waals surface area contributed by atoms with Gasteiger partial charge < -0.3 is 21.9 Å². The lowest BCUT2D eigenvalue weighted by Crippen LogP contribution is -2.46. The van der Waals surface area contributed by atoms with E-state index >= 15 is 0 Å². The number of rotatable bonds is 11. The molecule has 0 spiro atoms. The summed E-state index contributed by atoms with van der Waals surface area (Å²) < 4.78 is 0. The van der Waals surface area contributed by atoms with Crippen LogP contribution in [0, 0.1) is 0 Å². The number of amides is 1. The zero-order chi connectivity index (χ0) is 15.5. The molecule has 2 radical (unpaired) electrons. The SMILES string of the molecule is N[C@@H]([C]=O)CCC[C@@H]([C]=O)NC(=O)[C@@H](N)CCC(=O)O. The van der Waals surface area contributed by atoms with Crippen LogP contribution in [0.25, 0.3) is 0 Å². The van der Waals surface area contributed by atoms with E-state index in [1.807, 2.05) is 0 Å². The van der Waals surface area contributed by atoms with E-state index < -0.39 is 30.0 Å². The quantitative estimate of drug-likeness (QED) is 0.356. The molecule has 0 aliphatic heterocycles. The van der Waals surface area contributed by atoms with Gasteiger partial charge in [0, 0.05) is 6.42 Å². The van der Waals surface area contributed by atoms with Gasteiger partial charge in [-0.25, -0.2) is 0 Å². The monoisotopic (exact) mass is 285 g/mol. The standard InChI is InChI=1S/C12H19N3O5/c13-8(6-16)2-1-3-9(7-17)15-12(20)10(14)4-5-11(18)19/h8-10H,1-5,13-14H2,(H,15,20)(H,18,19)/t8-,9+,10+/m1/s1. The zero-order valence-electron chi connectivity index (χ0n) is 11.0. The Morgan fingerprint density at radius 2 is 1.75 bits per heavy atom. The summed E-state index contributed by atoms with van der Waals surface area (Å²) in [7, 11) is 0. The van der Waals surface area contributed by atoms with Gasteiger partial charge in [0.1, 0.15) is 0 Å².